The van der Waals surface area contributed by atoms with Gasteiger partial charge in [-0.2, -0.15) is 5.26 Å². The van der Waals surface area contributed by atoms with Crippen molar-refractivity contribution >= 4 is 17.6 Å². The number of nitrogens with zero attached hydrogens (tertiary/aromatic N) is 1. The number of carboxylic acid groups (broad SMARTS) is 1. The van der Waals surface area contributed by atoms with Gasteiger partial charge >= 0.3 is 5.97 Å². The zero-order valence-corrected chi connectivity index (χ0v) is 9.94. The molecule has 19 heavy (non-hydrogen) atoms. The minimum Gasteiger partial charge on any atom is -0.480 e. The van der Waals surface area contributed by atoms with Gasteiger partial charge < -0.3 is 10.4 Å². The van der Waals surface area contributed by atoms with Gasteiger partial charge in [0.1, 0.15) is 22.9 Å². The third-order valence-electron chi connectivity index (χ3n) is 3.42. The van der Waals surface area contributed by atoms with E-state index < -0.39 is 23.1 Å². The number of carboxylic acids is 1. The Hall–Kier alpha value is -2.42. The average molecular weight is 262 g/mol. The topological polar surface area (TPSA) is 90.2 Å². The Morgan fingerprint density at radius 3 is 2.58 bits per heavy atom. The van der Waals surface area contributed by atoms with Crippen molar-refractivity contribution in [1.29, 1.82) is 5.26 Å². The Morgan fingerprint density at radius 2 is 2.11 bits per heavy atom. The van der Waals surface area contributed by atoms with Crippen LogP contribution in [0.1, 0.15) is 24.8 Å². The Morgan fingerprint density at radius 1 is 1.42 bits per heavy atom. The second-order valence-corrected chi connectivity index (χ2v) is 4.47. The van der Waals surface area contributed by atoms with Crippen molar-refractivity contribution in [2.45, 2.75) is 19.3 Å². The van der Waals surface area contributed by atoms with Crippen LogP contribution >= 0.6 is 0 Å². The number of hydrogen-bond donors (Lipinski definition) is 2. The molecule has 0 heterocycles. The minimum absolute atomic E-state index is 0.0000231. The molecule has 1 aliphatic rings. The van der Waals surface area contributed by atoms with E-state index in [-0.39, 0.29) is 24.1 Å². The van der Waals surface area contributed by atoms with Gasteiger partial charge in [-0.15, -0.1) is 0 Å². The molecular formula is C13H11FN2O3. The molecule has 1 fully saturated rings. The molecule has 0 saturated heterocycles. The maximum atomic E-state index is 13.4. The van der Waals surface area contributed by atoms with E-state index >= 15 is 0 Å². The van der Waals surface area contributed by atoms with Gasteiger partial charge in [-0.05, 0) is 25.0 Å². The summed E-state index contributed by atoms with van der Waals surface area (Å²) in [4.78, 5) is 23.2. The zero-order valence-electron chi connectivity index (χ0n) is 9.94. The van der Waals surface area contributed by atoms with E-state index in [1.165, 1.54) is 12.1 Å². The molecule has 0 aromatic heterocycles. The van der Waals surface area contributed by atoms with E-state index in [0.29, 0.717) is 6.42 Å². The molecule has 0 radical (unpaired) electrons. The van der Waals surface area contributed by atoms with Gasteiger partial charge in [0.2, 0.25) is 5.91 Å². The first kappa shape index (κ1) is 13.0. The number of benzene rings is 1. The number of aliphatic carboxylic acids is 1. The highest BCUT2D eigenvalue weighted by Crippen LogP contribution is 2.42. The molecule has 1 saturated carbocycles. The summed E-state index contributed by atoms with van der Waals surface area (Å²) in [7, 11) is 0. The average Bonchev–Trinajstić information content (AvgIpc) is 2.27. The van der Waals surface area contributed by atoms with Crippen LogP contribution in [-0.4, -0.2) is 17.0 Å². The molecule has 1 aromatic rings. The minimum atomic E-state index is -1.45. The molecule has 2 rings (SSSR count). The van der Waals surface area contributed by atoms with Crippen molar-refractivity contribution in [3.05, 3.63) is 29.6 Å². The first-order valence-electron chi connectivity index (χ1n) is 5.75. The van der Waals surface area contributed by atoms with Crippen LogP contribution in [0, 0.1) is 22.6 Å². The first-order chi connectivity index (χ1) is 9.01. The van der Waals surface area contributed by atoms with Crippen LogP contribution in [0.5, 0.6) is 0 Å². The second kappa shape index (κ2) is 4.69. The van der Waals surface area contributed by atoms with E-state index in [9.17, 15) is 14.0 Å². The largest absolute Gasteiger partial charge is 0.480 e. The third-order valence-corrected chi connectivity index (χ3v) is 3.42. The molecule has 2 N–H and O–H groups in total. The number of halogens is 1. The molecule has 5 nitrogen and oxygen atoms in total. The lowest BCUT2D eigenvalue weighted by Gasteiger charge is -2.35. The van der Waals surface area contributed by atoms with E-state index in [2.05, 4.69) is 5.32 Å². The van der Waals surface area contributed by atoms with Gasteiger partial charge in [0.15, 0.2) is 0 Å². The van der Waals surface area contributed by atoms with Gasteiger partial charge in [0.05, 0.1) is 5.69 Å². The molecule has 0 bridgehead atoms. The molecule has 0 aliphatic heterocycles. The number of anilines is 1. The van der Waals surface area contributed by atoms with E-state index in [1.54, 1.807) is 6.07 Å². The molecule has 6 heteroatoms. The fraction of sp³-hybridized carbons (Fsp3) is 0.308. The fourth-order valence-electron chi connectivity index (χ4n) is 2.05. The summed E-state index contributed by atoms with van der Waals surface area (Å²) in [6.07, 6.45) is 1.17. The lowest BCUT2D eigenvalue weighted by Crippen LogP contribution is -2.48. The van der Waals surface area contributed by atoms with Gasteiger partial charge in [-0.3, -0.25) is 9.59 Å². The SMILES string of the molecule is N#Cc1c(F)cccc1NC(=O)C1(C(=O)O)CCC1. The lowest BCUT2D eigenvalue weighted by molar-refractivity contribution is -0.159. The smallest absolute Gasteiger partial charge is 0.319 e. The van der Waals surface area contributed by atoms with Crippen molar-refractivity contribution in [2.24, 2.45) is 5.41 Å². The van der Waals surface area contributed by atoms with Crippen molar-refractivity contribution < 1.29 is 19.1 Å². The van der Waals surface area contributed by atoms with Gasteiger partial charge in [0.25, 0.3) is 0 Å². The predicted molar refractivity (Wildman–Crippen MR) is 63.7 cm³/mol. The molecular weight excluding hydrogens is 251 g/mol. The highest BCUT2D eigenvalue weighted by Gasteiger charge is 2.51. The lowest BCUT2D eigenvalue weighted by atomic mass is 9.68. The monoisotopic (exact) mass is 262 g/mol. The normalized spacial score (nSPS) is 16.0. The van der Waals surface area contributed by atoms with Gasteiger partial charge in [0, 0.05) is 0 Å². The number of nitrogens with one attached hydrogen (secondary N) is 1. The molecule has 98 valence electrons. The number of nitriles is 1. The maximum absolute atomic E-state index is 13.4. The number of hydrogen-bond acceptors (Lipinski definition) is 3. The summed E-state index contributed by atoms with van der Waals surface area (Å²) < 4.78 is 13.4. The highest BCUT2D eigenvalue weighted by atomic mass is 19.1. The van der Waals surface area contributed by atoms with Gasteiger partial charge in [-0.25, -0.2) is 4.39 Å². The van der Waals surface area contributed by atoms with Crippen LogP contribution in [-0.2, 0) is 9.59 Å². The number of amides is 1. The maximum Gasteiger partial charge on any atom is 0.319 e. The quantitative estimate of drug-likeness (QED) is 0.814. The van der Waals surface area contributed by atoms with Crippen LogP contribution < -0.4 is 5.32 Å². The van der Waals surface area contributed by atoms with E-state index in [4.69, 9.17) is 10.4 Å². The van der Waals surface area contributed by atoms with Gasteiger partial charge in [-0.1, -0.05) is 12.5 Å². The summed E-state index contributed by atoms with van der Waals surface area (Å²) in [6.45, 7) is 0. The molecule has 0 unspecified atom stereocenters. The zero-order chi connectivity index (χ0) is 14.0. The first-order valence-corrected chi connectivity index (χ1v) is 5.75. The molecule has 1 aromatic carbocycles. The molecule has 1 amide bonds. The summed E-state index contributed by atoms with van der Waals surface area (Å²) in [5.41, 5.74) is -1.74. The highest BCUT2D eigenvalue weighted by molar-refractivity contribution is 6.09. The standard InChI is InChI=1S/C13H11FN2O3/c14-9-3-1-4-10(8(9)7-15)16-11(17)13(12(18)19)5-2-6-13/h1,3-4H,2,5-6H2,(H,16,17)(H,18,19). The Bertz CT molecular complexity index is 588. The Balaban J connectivity index is 2.28. The van der Waals surface area contributed by atoms with Crippen LogP contribution in [0.25, 0.3) is 0 Å². The summed E-state index contributed by atoms with van der Waals surface area (Å²) in [6, 6.07) is 5.47. The number of carbonyl (C=O) groups excluding carboxylic acids is 1. The Kier molecular flexibility index (Phi) is 3.21. The van der Waals surface area contributed by atoms with Crippen LogP contribution in [0.4, 0.5) is 10.1 Å². The van der Waals surface area contributed by atoms with E-state index in [0.717, 1.165) is 6.07 Å². The number of rotatable bonds is 3. The van der Waals surface area contributed by atoms with Crippen LogP contribution in [0.3, 0.4) is 0 Å². The van der Waals surface area contributed by atoms with Crippen LogP contribution in [0.2, 0.25) is 0 Å². The van der Waals surface area contributed by atoms with Crippen molar-refractivity contribution in [3.8, 4) is 6.07 Å². The van der Waals surface area contributed by atoms with Crippen molar-refractivity contribution in [2.75, 3.05) is 5.32 Å². The summed E-state index contributed by atoms with van der Waals surface area (Å²) >= 11 is 0. The Labute approximate surface area is 108 Å². The predicted octanol–water partition coefficient (Wildman–Crippen LogP) is 1.89. The number of carbonyl (C=O) groups is 2. The van der Waals surface area contributed by atoms with Crippen molar-refractivity contribution in [1.82, 2.24) is 0 Å². The summed E-state index contributed by atoms with van der Waals surface area (Å²) in [5.74, 6) is -2.64. The van der Waals surface area contributed by atoms with E-state index in [1.807, 2.05) is 0 Å². The summed E-state index contributed by atoms with van der Waals surface area (Å²) in [5, 5.41) is 20.3. The third kappa shape index (κ3) is 2.03. The molecule has 0 spiro atoms. The van der Waals surface area contributed by atoms with Crippen LogP contribution in [0.15, 0.2) is 18.2 Å². The molecule has 0 atom stereocenters. The molecule has 1 aliphatic carbocycles. The fourth-order valence-corrected chi connectivity index (χ4v) is 2.05. The second-order valence-electron chi connectivity index (χ2n) is 4.47. The van der Waals surface area contributed by atoms with Crippen molar-refractivity contribution in [3.63, 3.8) is 0 Å².